The molecule has 1 aromatic carbocycles. The first-order valence-electron chi connectivity index (χ1n) is 8.09. The smallest absolute Gasteiger partial charge is 0.241 e. The van der Waals surface area contributed by atoms with Crippen molar-refractivity contribution in [1.29, 1.82) is 5.26 Å². The normalized spacial score (nSPS) is 31.3. The van der Waals surface area contributed by atoms with E-state index < -0.39 is 5.41 Å². The molecule has 3 aliphatic rings. The standard InChI is InChI=1S/C18H20N2O2/c19-12-18(11-17(18)7-3-4-8-17)16(21)20-15-10-22-9-13-5-1-2-6-14(13)15/h1-2,5-6,15H,3-4,7-11H2,(H,20,21). The van der Waals surface area contributed by atoms with Crippen LogP contribution in [0.5, 0.6) is 0 Å². The van der Waals surface area contributed by atoms with E-state index in [2.05, 4.69) is 11.4 Å². The largest absolute Gasteiger partial charge is 0.374 e. The van der Waals surface area contributed by atoms with Crippen molar-refractivity contribution in [3.63, 3.8) is 0 Å². The molecule has 1 aromatic rings. The van der Waals surface area contributed by atoms with Crippen LogP contribution >= 0.6 is 0 Å². The molecular weight excluding hydrogens is 276 g/mol. The third-order valence-electron chi connectivity index (χ3n) is 5.80. The molecule has 0 saturated heterocycles. The van der Waals surface area contributed by atoms with Gasteiger partial charge >= 0.3 is 0 Å². The summed E-state index contributed by atoms with van der Waals surface area (Å²) < 4.78 is 5.60. The number of amides is 1. The van der Waals surface area contributed by atoms with Gasteiger partial charge in [-0.05, 0) is 30.4 Å². The summed E-state index contributed by atoms with van der Waals surface area (Å²) in [6, 6.07) is 10.2. The molecule has 1 spiro atoms. The fourth-order valence-electron chi connectivity index (χ4n) is 4.43. The second-order valence-electron chi connectivity index (χ2n) is 6.92. The SMILES string of the molecule is N#CC1(C(=O)NC2COCc3ccccc32)CC12CCCC2. The van der Waals surface area contributed by atoms with Gasteiger partial charge in [0.1, 0.15) is 5.41 Å². The van der Waals surface area contributed by atoms with Crippen molar-refractivity contribution < 1.29 is 9.53 Å². The van der Waals surface area contributed by atoms with Crippen LogP contribution in [0.2, 0.25) is 0 Å². The topological polar surface area (TPSA) is 62.1 Å². The van der Waals surface area contributed by atoms with Gasteiger partial charge in [-0.2, -0.15) is 5.26 Å². The fraction of sp³-hybridized carbons (Fsp3) is 0.556. The predicted octanol–water partition coefficient (Wildman–Crippen LogP) is 2.85. The van der Waals surface area contributed by atoms with Gasteiger partial charge in [0.2, 0.25) is 5.91 Å². The van der Waals surface area contributed by atoms with E-state index in [4.69, 9.17) is 4.74 Å². The van der Waals surface area contributed by atoms with Gasteiger partial charge in [0.15, 0.2) is 0 Å². The van der Waals surface area contributed by atoms with Crippen molar-refractivity contribution in [2.75, 3.05) is 6.61 Å². The lowest BCUT2D eigenvalue weighted by Crippen LogP contribution is -2.40. The fourth-order valence-corrected chi connectivity index (χ4v) is 4.43. The zero-order valence-corrected chi connectivity index (χ0v) is 12.6. The lowest BCUT2D eigenvalue weighted by molar-refractivity contribution is -0.127. The minimum absolute atomic E-state index is 0.0408. The van der Waals surface area contributed by atoms with Gasteiger partial charge in [-0.15, -0.1) is 0 Å². The lowest BCUT2D eigenvalue weighted by Gasteiger charge is -2.28. The molecule has 0 bridgehead atoms. The lowest BCUT2D eigenvalue weighted by atomic mass is 9.90. The molecule has 4 nitrogen and oxygen atoms in total. The molecular formula is C18H20N2O2. The third-order valence-corrected chi connectivity index (χ3v) is 5.80. The van der Waals surface area contributed by atoms with Crippen LogP contribution in [0.1, 0.15) is 49.3 Å². The predicted molar refractivity (Wildman–Crippen MR) is 80.5 cm³/mol. The quantitative estimate of drug-likeness (QED) is 0.912. The van der Waals surface area contributed by atoms with Crippen LogP contribution in [-0.2, 0) is 16.1 Å². The number of rotatable bonds is 2. The van der Waals surface area contributed by atoms with E-state index >= 15 is 0 Å². The highest BCUT2D eigenvalue weighted by atomic mass is 16.5. The van der Waals surface area contributed by atoms with Crippen molar-refractivity contribution in [2.24, 2.45) is 10.8 Å². The second-order valence-corrected chi connectivity index (χ2v) is 6.92. The highest BCUT2D eigenvalue weighted by Gasteiger charge is 2.72. The van der Waals surface area contributed by atoms with Crippen molar-refractivity contribution in [3.05, 3.63) is 35.4 Å². The van der Waals surface area contributed by atoms with Crippen LogP contribution in [0.3, 0.4) is 0 Å². The number of carbonyl (C=O) groups is 1. The average Bonchev–Trinajstić information content (AvgIpc) is 2.94. The number of fused-ring (bicyclic) bond motifs is 1. The van der Waals surface area contributed by atoms with Crippen molar-refractivity contribution in [1.82, 2.24) is 5.32 Å². The molecule has 1 N–H and O–H groups in total. The van der Waals surface area contributed by atoms with E-state index in [1.807, 2.05) is 24.3 Å². The van der Waals surface area contributed by atoms with Crippen molar-refractivity contribution in [2.45, 2.75) is 44.8 Å². The molecule has 22 heavy (non-hydrogen) atoms. The zero-order chi connectivity index (χ0) is 15.2. The van der Waals surface area contributed by atoms with Gasteiger partial charge in [0, 0.05) is 5.41 Å². The number of benzene rings is 1. The van der Waals surface area contributed by atoms with Crippen LogP contribution in [0.25, 0.3) is 0 Å². The molecule has 0 radical (unpaired) electrons. The molecule has 2 unspecified atom stereocenters. The molecule has 2 atom stereocenters. The molecule has 0 aromatic heterocycles. The summed E-state index contributed by atoms with van der Waals surface area (Å²) in [4.78, 5) is 12.8. The van der Waals surface area contributed by atoms with Crippen LogP contribution in [0.4, 0.5) is 0 Å². The van der Waals surface area contributed by atoms with E-state index in [1.165, 1.54) is 0 Å². The molecule has 1 heterocycles. The van der Waals surface area contributed by atoms with Crippen molar-refractivity contribution >= 4 is 5.91 Å². The molecule has 4 rings (SSSR count). The minimum atomic E-state index is -0.796. The Hall–Kier alpha value is -1.86. The number of hydrogen-bond donors (Lipinski definition) is 1. The molecule has 2 fully saturated rings. The molecule has 2 aliphatic carbocycles. The Bertz CT molecular complexity index is 657. The Labute approximate surface area is 130 Å². The first-order chi connectivity index (χ1) is 10.7. The minimum Gasteiger partial charge on any atom is -0.374 e. The summed E-state index contributed by atoms with van der Waals surface area (Å²) in [7, 11) is 0. The number of hydrogen-bond acceptors (Lipinski definition) is 3. The van der Waals surface area contributed by atoms with Crippen LogP contribution in [0.15, 0.2) is 24.3 Å². The van der Waals surface area contributed by atoms with E-state index in [-0.39, 0.29) is 17.4 Å². The second kappa shape index (κ2) is 4.82. The van der Waals surface area contributed by atoms with Crippen LogP contribution in [0, 0.1) is 22.2 Å². The summed E-state index contributed by atoms with van der Waals surface area (Å²) >= 11 is 0. The maximum Gasteiger partial charge on any atom is 0.241 e. The summed E-state index contributed by atoms with van der Waals surface area (Å²) in [6.45, 7) is 1.08. The van der Waals surface area contributed by atoms with Crippen LogP contribution < -0.4 is 5.32 Å². The molecule has 1 aliphatic heterocycles. The van der Waals surface area contributed by atoms with E-state index in [1.54, 1.807) is 0 Å². The zero-order valence-electron chi connectivity index (χ0n) is 12.6. The van der Waals surface area contributed by atoms with E-state index in [9.17, 15) is 10.1 Å². The van der Waals surface area contributed by atoms with Gasteiger partial charge in [-0.25, -0.2) is 0 Å². The molecule has 2 saturated carbocycles. The summed E-state index contributed by atoms with van der Waals surface area (Å²) in [6.07, 6.45) is 5.06. The number of nitriles is 1. The Kier molecular flexibility index (Phi) is 3.02. The number of nitrogens with zero attached hydrogens (tertiary/aromatic N) is 1. The first kappa shape index (κ1) is 13.8. The van der Waals surface area contributed by atoms with Crippen molar-refractivity contribution in [3.8, 4) is 6.07 Å². The van der Waals surface area contributed by atoms with Gasteiger partial charge in [-0.3, -0.25) is 4.79 Å². The summed E-state index contributed by atoms with van der Waals surface area (Å²) in [5.41, 5.74) is 1.41. The van der Waals surface area contributed by atoms with Gasteiger partial charge < -0.3 is 10.1 Å². The van der Waals surface area contributed by atoms with Gasteiger partial charge in [0.25, 0.3) is 0 Å². The monoisotopic (exact) mass is 296 g/mol. The number of ether oxygens (including phenoxy) is 1. The highest BCUT2D eigenvalue weighted by molar-refractivity contribution is 5.90. The number of nitrogens with one attached hydrogen (secondary N) is 1. The van der Waals surface area contributed by atoms with E-state index in [0.717, 1.165) is 43.2 Å². The Morgan fingerprint density at radius 2 is 2.09 bits per heavy atom. The molecule has 1 amide bonds. The Balaban J connectivity index is 1.55. The first-order valence-corrected chi connectivity index (χ1v) is 8.09. The van der Waals surface area contributed by atoms with E-state index in [0.29, 0.717) is 13.2 Å². The van der Waals surface area contributed by atoms with Crippen LogP contribution in [-0.4, -0.2) is 12.5 Å². The third kappa shape index (κ3) is 1.82. The highest BCUT2D eigenvalue weighted by Crippen LogP contribution is 2.71. The molecule has 114 valence electrons. The van der Waals surface area contributed by atoms with Gasteiger partial charge in [0.05, 0.1) is 25.3 Å². The number of carbonyl (C=O) groups excluding carboxylic acids is 1. The average molecular weight is 296 g/mol. The Morgan fingerprint density at radius 3 is 2.86 bits per heavy atom. The molecule has 4 heteroatoms. The summed E-state index contributed by atoms with van der Waals surface area (Å²) in [5.74, 6) is -0.0952. The maximum atomic E-state index is 12.8. The van der Waals surface area contributed by atoms with Gasteiger partial charge in [-0.1, -0.05) is 37.1 Å². The maximum absolute atomic E-state index is 12.8. The summed E-state index contributed by atoms with van der Waals surface area (Å²) in [5, 5.41) is 12.7. The Morgan fingerprint density at radius 1 is 1.32 bits per heavy atom.